The fourth-order valence-corrected chi connectivity index (χ4v) is 4.22. The summed E-state index contributed by atoms with van der Waals surface area (Å²) in [6, 6.07) is 5.50. The first-order chi connectivity index (χ1) is 11.5. The van der Waals surface area contributed by atoms with Gasteiger partial charge in [0.2, 0.25) is 0 Å². The zero-order valence-electron chi connectivity index (χ0n) is 12.8. The summed E-state index contributed by atoms with van der Waals surface area (Å²) in [5.74, 6) is 0.147. The molecule has 0 aromatic heterocycles. The van der Waals surface area contributed by atoms with Crippen LogP contribution in [0.2, 0.25) is 30.1 Å². The predicted octanol–water partition coefficient (Wildman–Crippen LogP) is 8.67. The maximum Gasteiger partial charge on any atom is 0.433 e. The van der Waals surface area contributed by atoms with Gasteiger partial charge in [-0.05, 0) is 26.0 Å². The second-order valence-corrected chi connectivity index (χ2v) is 10.1. The molecule has 10 heteroatoms. The third kappa shape index (κ3) is 5.05. The molecular weight excluding hydrogens is 472 g/mol. The monoisotopic (exact) mass is 480 g/mol. The van der Waals surface area contributed by atoms with E-state index in [1.54, 1.807) is 13.8 Å². The van der Waals surface area contributed by atoms with Gasteiger partial charge in [0.25, 0.3) is 0 Å². The lowest BCUT2D eigenvalue weighted by Gasteiger charge is -2.24. The first-order valence-corrected chi connectivity index (χ1v) is 10.7. The van der Waals surface area contributed by atoms with Crippen molar-refractivity contribution in [3.8, 4) is 11.5 Å². The summed E-state index contributed by atoms with van der Waals surface area (Å²) in [5.41, 5.74) is -0.524. The molecule has 3 nitrogen and oxygen atoms in total. The van der Waals surface area contributed by atoms with Crippen LogP contribution in [0, 0.1) is 0 Å². The Labute approximate surface area is 175 Å². The first kappa shape index (κ1) is 21.3. The Morgan fingerprint density at radius 1 is 0.680 bits per heavy atom. The molecule has 2 aromatic rings. The predicted molar refractivity (Wildman–Crippen MR) is 107 cm³/mol. The van der Waals surface area contributed by atoms with Crippen molar-refractivity contribution in [3.63, 3.8) is 0 Å². The Morgan fingerprint density at radius 3 is 1.32 bits per heavy atom. The third-order valence-corrected chi connectivity index (χ3v) is 7.24. The fourth-order valence-electron chi connectivity index (χ4n) is 1.65. The van der Waals surface area contributed by atoms with E-state index in [2.05, 4.69) is 0 Å². The van der Waals surface area contributed by atoms with Gasteiger partial charge in [0.1, 0.15) is 11.5 Å². The Bertz CT molecular complexity index is 792. The van der Waals surface area contributed by atoms with Crippen molar-refractivity contribution < 1.29 is 13.6 Å². The lowest BCUT2D eigenvalue weighted by atomic mass is 10.3. The highest BCUT2D eigenvalue weighted by atomic mass is 35.5. The highest BCUT2D eigenvalue weighted by Gasteiger charge is 2.34. The van der Waals surface area contributed by atoms with Gasteiger partial charge >= 0.3 is 7.60 Å². The van der Waals surface area contributed by atoms with Crippen LogP contribution in [-0.4, -0.2) is 5.66 Å². The van der Waals surface area contributed by atoms with Crippen LogP contribution in [0.3, 0.4) is 0 Å². The molecule has 0 aliphatic carbocycles. The first-order valence-electron chi connectivity index (χ1n) is 6.81. The van der Waals surface area contributed by atoms with Crippen LogP contribution >= 0.6 is 77.2 Å². The van der Waals surface area contributed by atoms with Crippen LogP contribution in [0.4, 0.5) is 0 Å². The van der Waals surface area contributed by atoms with Gasteiger partial charge in [-0.25, -0.2) is 4.57 Å². The summed E-state index contributed by atoms with van der Waals surface area (Å²) in [6.45, 7) is 3.33. The molecule has 0 amide bonds. The lowest BCUT2D eigenvalue weighted by Crippen LogP contribution is -2.11. The zero-order valence-corrected chi connectivity index (χ0v) is 18.3. The molecule has 0 saturated heterocycles. The van der Waals surface area contributed by atoms with E-state index in [9.17, 15) is 4.57 Å². The van der Waals surface area contributed by atoms with Crippen molar-refractivity contribution in [2.45, 2.75) is 19.5 Å². The summed E-state index contributed by atoms with van der Waals surface area (Å²) in [4.78, 5) is 0. The molecular formula is C15H11Cl6O3P. The Morgan fingerprint density at radius 2 is 1.00 bits per heavy atom. The maximum absolute atomic E-state index is 13.2. The van der Waals surface area contributed by atoms with E-state index in [0.717, 1.165) is 0 Å². The summed E-state index contributed by atoms with van der Waals surface area (Å²) in [6.07, 6.45) is 0. The molecule has 0 heterocycles. The second-order valence-electron chi connectivity index (χ2n) is 5.21. The molecule has 0 spiro atoms. The minimum atomic E-state index is -3.73. The van der Waals surface area contributed by atoms with E-state index in [-0.39, 0.29) is 41.6 Å². The second kappa shape index (κ2) is 8.35. The molecule has 2 rings (SSSR count). The smallest absolute Gasteiger partial charge is 0.414 e. The van der Waals surface area contributed by atoms with Gasteiger partial charge in [-0.1, -0.05) is 69.6 Å². The Kier molecular flexibility index (Phi) is 7.12. The molecule has 0 unspecified atom stereocenters. The van der Waals surface area contributed by atoms with Crippen molar-refractivity contribution in [2.75, 3.05) is 0 Å². The van der Waals surface area contributed by atoms with Crippen LogP contribution in [0.5, 0.6) is 11.5 Å². The van der Waals surface area contributed by atoms with Gasteiger partial charge in [0.05, 0.1) is 35.8 Å². The minimum Gasteiger partial charge on any atom is -0.414 e. The molecule has 0 bridgehead atoms. The standard InChI is InChI=1S/C15H11Cl6O3P/c1-7(2)25(22,23-14-5-10(18)8(16)3-12(14)20)24-15-6-11(19)9(17)4-13(15)21/h3-7H,1-2H3. The average Bonchev–Trinajstić information content (AvgIpc) is 2.50. The number of hydrogen-bond acceptors (Lipinski definition) is 3. The quantitative estimate of drug-likeness (QED) is 0.316. The Balaban J connectivity index is 2.42. The summed E-state index contributed by atoms with van der Waals surface area (Å²) >= 11 is 35.9. The van der Waals surface area contributed by atoms with E-state index in [4.69, 9.17) is 78.7 Å². The van der Waals surface area contributed by atoms with Gasteiger partial charge < -0.3 is 9.05 Å². The largest absolute Gasteiger partial charge is 0.433 e. The van der Waals surface area contributed by atoms with Crippen molar-refractivity contribution in [1.82, 2.24) is 0 Å². The highest BCUT2D eigenvalue weighted by molar-refractivity contribution is 7.55. The Hall–Kier alpha value is 0.01000. The van der Waals surface area contributed by atoms with Crippen molar-refractivity contribution >= 4 is 77.2 Å². The van der Waals surface area contributed by atoms with Crippen molar-refractivity contribution in [2.24, 2.45) is 0 Å². The van der Waals surface area contributed by atoms with Gasteiger partial charge in [0.15, 0.2) is 0 Å². The molecule has 0 aliphatic rings. The number of halogens is 6. The molecule has 0 aliphatic heterocycles. The van der Waals surface area contributed by atoms with E-state index in [1.165, 1.54) is 24.3 Å². The van der Waals surface area contributed by atoms with E-state index in [0.29, 0.717) is 0 Å². The van der Waals surface area contributed by atoms with Crippen LogP contribution in [0.15, 0.2) is 24.3 Å². The molecule has 25 heavy (non-hydrogen) atoms. The third-order valence-electron chi connectivity index (χ3n) is 3.03. The molecule has 136 valence electrons. The summed E-state index contributed by atoms with van der Waals surface area (Å²) in [5, 5.41) is 1.16. The SMILES string of the molecule is CC(C)P(=O)(Oc1cc(Cl)c(Cl)cc1Cl)Oc1cc(Cl)c(Cl)cc1Cl. The maximum atomic E-state index is 13.2. The molecule has 0 saturated carbocycles. The zero-order chi connectivity index (χ0) is 18.9. The van der Waals surface area contributed by atoms with Gasteiger partial charge in [-0.2, -0.15) is 0 Å². The number of benzene rings is 2. The summed E-state index contributed by atoms with van der Waals surface area (Å²) < 4.78 is 24.4. The normalized spacial score (nSPS) is 11.7. The van der Waals surface area contributed by atoms with E-state index < -0.39 is 13.3 Å². The molecule has 0 radical (unpaired) electrons. The fraction of sp³-hybridized carbons (Fsp3) is 0.200. The average molecular weight is 483 g/mol. The molecule has 0 fully saturated rings. The number of rotatable bonds is 5. The van der Waals surface area contributed by atoms with Gasteiger partial charge in [-0.3, -0.25) is 0 Å². The van der Waals surface area contributed by atoms with Crippen LogP contribution in [0.1, 0.15) is 13.8 Å². The van der Waals surface area contributed by atoms with Gasteiger partial charge in [-0.15, -0.1) is 0 Å². The highest BCUT2D eigenvalue weighted by Crippen LogP contribution is 2.55. The van der Waals surface area contributed by atoms with Crippen molar-refractivity contribution in [3.05, 3.63) is 54.4 Å². The molecule has 0 N–H and O–H groups in total. The van der Waals surface area contributed by atoms with Crippen LogP contribution in [-0.2, 0) is 4.57 Å². The molecule has 2 aromatic carbocycles. The van der Waals surface area contributed by atoms with Crippen LogP contribution in [0.25, 0.3) is 0 Å². The summed E-state index contributed by atoms with van der Waals surface area (Å²) in [7, 11) is -3.73. The topological polar surface area (TPSA) is 35.5 Å². The van der Waals surface area contributed by atoms with E-state index >= 15 is 0 Å². The van der Waals surface area contributed by atoms with Gasteiger partial charge in [0, 0.05) is 12.1 Å². The lowest BCUT2D eigenvalue weighted by molar-refractivity contribution is 0.377. The van der Waals surface area contributed by atoms with E-state index in [1.807, 2.05) is 0 Å². The molecule has 0 atom stereocenters. The van der Waals surface area contributed by atoms with Crippen molar-refractivity contribution in [1.29, 1.82) is 0 Å². The van der Waals surface area contributed by atoms with Crippen LogP contribution < -0.4 is 9.05 Å². The number of hydrogen-bond donors (Lipinski definition) is 0. The minimum absolute atomic E-state index is 0.0734.